The highest BCUT2D eigenvalue weighted by atomic mass is 16.4. The third-order valence-corrected chi connectivity index (χ3v) is 1.29. The zero-order valence-corrected chi connectivity index (χ0v) is 6.07. The molecule has 7 heteroatoms. The summed E-state index contributed by atoms with van der Waals surface area (Å²) in [6.45, 7) is 0. The van der Waals surface area contributed by atoms with Crippen molar-refractivity contribution in [3.8, 4) is 0 Å². The van der Waals surface area contributed by atoms with Gasteiger partial charge in [-0.3, -0.25) is 10.2 Å². The van der Waals surface area contributed by atoms with Crippen molar-refractivity contribution in [1.82, 2.24) is 0 Å². The van der Waals surface area contributed by atoms with Crippen LogP contribution < -0.4 is 11.5 Å². The van der Waals surface area contributed by atoms with E-state index in [4.69, 9.17) is 27.1 Å². The van der Waals surface area contributed by atoms with Crippen molar-refractivity contribution in [2.75, 3.05) is 0 Å². The van der Waals surface area contributed by atoms with Crippen LogP contribution in [-0.4, -0.2) is 33.5 Å². The summed E-state index contributed by atoms with van der Waals surface area (Å²) in [7, 11) is 0. The second-order valence-electron chi connectivity index (χ2n) is 2.26. The van der Waals surface area contributed by atoms with E-state index in [0.717, 1.165) is 0 Å². The van der Waals surface area contributed by atoms with Gasteiger partial charge in [0.15, 0.2) is 5.54 Å². The highest BCUT2D eigenvalue weighted by Gasteiger charge is 2.40. The van der Waals surface area contributed by atoms with Crippen molar-refractivity contribution >= 4 is 17.8 Å². The number of amidine groups is 1. The maximum Gasteiger partial charge on any atom is 0.332 e. The molecule has 0 heterocycles. The molecule has 0 spiro atoms. The van der Waals surface area contributed by atoms with E-state index < -0.39 is 29.7 Å². The van der Waals surface area contributed by atoms with Crippen molar-refractivity contribution in [3.05, 3.63) is 0 Å². The summed E-state index contributed by atoms with van der Waals surface area (Å²) in [5, 5.41) is 23.5. The minimum Gasteiger partial charge on any atom is -0.481 e. The van der Waals surface area contributed by atoms with E-state index in [-0.39, 0.29) is 0 Å². The van der Waals surface area contributed by atoms with Crippen LogP contribution in [0.1, 0.15) is 6.42 Å². The molecule has 7 N–H and O–H groups in total. The summed E-state index contributed by atoms with van der Waals surface area (Å²) >= 11 is 0. The minimum absolute atomic E-state index is 0.877. The van der Waals surface area contributed by atoms with E-state index >= 15 is 0 Å². The fraction of sp³-hybridized carbons (Fsp3) is 0.400. The number of hydrogen-bond donors (Lipinski definition) is 5. The van der Waals surface area contributed by atoms with Gasteiger partial charge in [0.05, 0.1) is 6.42 Å². The Morgan fingerprint density at radius 3 is 1.92 bits per heavy atom. The Bertz CT molecular complexity index is 223. The Morgan fingerprint density at radius 2 is 1.83 bits per heavy atom. The van der Waals surface area contributed by atoms with Gasteiger partial charge in [-0.25, -0.2) is 4.79 Å². The molecule has 0 amide bonds. The van der Waals surface area contributed by atoms with Gasteiger partial charge in [-0.15, -0.1) is 0 Å². The van der Waals surface area contributed by atoms with Crippen LogP contribution in [0.2, 0.25) is 0 Å². The van der Waals surface area contributed by atoms with Gasteiger partial charge in [0.2, 0.25) is 0 Å². The van der Waals surface area contributed by atoms with Gasteiger partial charge in [0.25, 0.3) is 0 Å². The summed E-state index contributed by atoms with van der Waals surface area (Å²) < 4.78 is 0. The maximum atomic E-state index is 10.4. The molecule has 0 aliphatic carbocycles. The number of nitrogens with one attached hydrogen (secondary N) is 1. The van der Waals surface area contributed by atoms with Crippen LogP contribution in [0.3, 0.4) is 0 Å². The van der Waals surface area contributed by atoms with Crippen molar-refractivity contribution in [3.63, 3.8) is 0 Å². The van der Waals surface area contributed by atoms with E-state index in [1.54, 1.807) is 0 Å². The lowest BCUT2D eigenvalue weighted by Gasteiger charge is -2.20. The first-order valence-electron chi connectivity index (χ1n) is 2.89. The van der Waals surface area contributed by atoms with Crippen LogP contribution in [0.15, 0.2) is 0 Å². The fourth-order valence-corrected chi connectivity index (χ4v) is 0.525. The smallest absolute Gasteiger partial charge is 0.332 e. The highest BCUT2D eigenvalue weighted by molar-refractivity contribution is 6.09. The molecule has 7 nitrogen and oxygen atoms in total. The van der Waals surface area contributed by atoms with Crippen molar-refractivity contribution in [1.29, 1.82) is 5.41 Å². The molecule has 0 saturated heterocycles. The predicted molar refractivity (Wildman–Crippen MR) is 38.7 cm³/mol. The summed E-state index contributed by atoms with van der Waals surface area (Å²) in [6, 6.07) is 0. The van der Waals surface area contributed by atoms with Gasteiger partial charge in [-0.2, -0.15) is 0 Å². The third-order valence-electron chi connectivity index (χ3n) is 1.29. The molecular weight excluding hydrogens is 166 g/mol. The highest BCUT2D eigenvalue weighted by Crippen LogP contribution is 2.06. The molecule has 0 saturated carbocycles. The maximum absolute atomic E-state index is 10.4. The lowest BCUT2D eigenvalue weighted by Crippen LogP contribution is -2.59. The average molecular weight is 175 g/mol. The van der Waals surface area contributed by atoms with Gasteiger partial charge >= 0.3 is 11.9 Å². The van der Waals surface area contributed by atoms with Crippen molar-refractivity contribution in [2.24, 2.45) is 11.5 Å². The first-order chi connectivity index (χ1) is 5.30. The van der Waals surface area contributed by atoms with Crippen molar-refractivity contribution in [2.45, 2.75) is 12.0 Å². The van der Waals surface area contributed by atoms with Gasteiger partial charge in [-0.05, 0) is 0 Å². The fourth-order valence-electron chi connectivity index (χ4n) is 0.525. The molecule has 0 aromatic heterocycles. The van der Waals surface area contributed by atoms with Crippen molar-refractivity contribution < 1.29 is 19.8 Å². The molecular formula is C5H9N3O4. The van der Waals surface area contributed by atoms with Crippen LogP contribution in [-0.2, 0) is 9.59 Å². The van der Waals surface area contributed by atoms with Crippen LogP contribution in [0.25, 0.3) is 0 Å². The molecule has 0 fully saturated rings. The van der Waals surface area contributed by atoms with E-state index in [1.807, 2.05) is 0 Å². The average Bonchev–Trinajstić information content (AvgIpc) is 1.84. The number of carboxylic acids is 2. The molecule has 0 aliphatic rings. The predicted octanol–water partition coefficient (Wildman–Crippen LogP) is -1.82. The van der Waals surface area contributed by atoms with Crippen LogP contribution >= 0.6 is 0 Å². The largest absolute Gasteiger partial charge is 0.481 e. The van der Waals surface area contributed by atoms with Crippen LogP contribution in [0.4, 0.5) is 0 Å². The Labute approximate surface area is 67.5 Å². The minimum atomic E-state index is -2.30. The zero-order chi connectivity index (χ0) is 9.94. The van der Waals surface area contributed by atoms with Crippen LogP contribution in [0.5, 0.6) is 0 Å². The van der Waals surface area contributed by atoms with E-state index in [2.05, 4.69) is 0 Å². The normalized spacial score (nSPS) is 14.8. The summed E-state index contributed by atoms with van der Waals surface area (Å²) in [4.78, 5) is 20.5. The molecule has 0 radical (unpaired) electrons. The first kappa shape index (κ1) is 10.4. The third kappa shape index (κ3) is 1.92. The molecule has 1 unspecified atom stereocenters. The number of nitrogens with two attached hydrogens (primary N) is 2. The molecule has 1 atom stereocenters. The molecule has 12 heavy (non-hydrogen) atoms. The van der Waals surface area contributed by atoms with Gasteiger partial charge in [0, 0.05) is 0 Å². The Kier molecular flexibility index (Phi) is 2.75. The number of aliphatic carboxylic acids is 2. The molecule has 0 rings (SSSR count). The Hall–Kier alpha value is -1.63. The summed E-state index contributed by atoms with van der Waals surface area (Å²) in [6.07, 6.45) is -0.905. The molecule has 0 aliphatic heterocycles. The summed E-state index contributed by atoms with van der Waals surface area (Å²) in [5.41, 5.74) is 7.59. The molecule has 68 valence electrons. The molecule has 0 aromatic rings. The standard InChI is InChI=1S/C5H9N3O4/c6-3(7)5(8,4(11)12)1-2(9)10/h1,8H2,(H3,6,7)(H,9,10)(H,11,12). The van der Waals surface area contributed by atoms with E-state index in [9.17, 15) is 9.59 Å². The van der Waals surface area contributed by atoms with Gasteiger partial charge in [-0.1, -0.05) is 0 Å². The number of carbonyl (C=O) groups is 2. The Morgan fingerprint density at radius 1 is 1.42 bits per heavy atom. The van der Waals surface area contributed by atoms with Gasteiger partial charge < -0.3 is 21.7 Å². The molecule has 0 aromatic carbocycles. The monoisotopic (exact) mass is 175 g/mol. The Balaban J connectivity index is 4.75. The second kappa shape index (κ2) is 3.18. The first-order valence-corrected chi connectivity index (χ1v) is 2.89. The summed E-state index contributed by atoms with van der Waals surface area (Å²) in [5.74, 6) is -3.93. The van der Waals surface area contributed by atoms with Crippen LogP contribution in [0, 0.1) is 5.41 Å². The van der Waals surface area contributed by atoms with E-state index in [1.165, 1.54) is 0 Å². The lowest BCUT2D eigenvalue weighted by molar-refractivity contribution is -0.147. The quantitative estimate of drug-likeness (QED) is 0.250. The zero-order valence-electron chi connectivity index (χ0n) is 6.07. The topological polar surface area (TPSA) is 150 Å². The van der Waals surface area contributed by atoms with Gasteiger partial charge in [0.1, 0.15) is 5.84 Å². The molecule has 0 bridgehead atoms. The lowest BCUT2D eigenvalue weighted by atomic mass is 9.96. The number of hydrogen-bond acceptors (Lipinski definition) is 4. The SMILES string of the molecule is N=C(N)C(N)(CC(=O)O)C(=O)O. The van der Waals surface area contributed by atoms with E-state index in [0.29, 0.717) is 0 Å². The second-order valence-corrected chi connectivity index (χ2v) is 2.26. The number of rotatable bonds is 4. The number of carboxylic acid groups (broad SMARTS) is 2.